The van der Waals surface area contributed by atoms with Crippen LogP contribution in [0.4, 0.5) is 0 Å². The van der Waals surface area contributed by atoms with E-state index in [4.69, 9.17) is 5.26 Å². The highest BCUT2D eigenvalue weighted by Crippen LogP contribution is 1.95. The molecule has 1 N–H and O–H groups in total. The molecule has 0 radical (unpaired) electrons. The zero-order chi connectivity index (χ0) is 8.97. The summed E-state index contributed by atoms with van der Waals surface area (Å²) < 4.78 is 1.79. The molecule has 64 valence electrons. The Labute approximate surface area is 71.8 Å². The minimum Gasteiger partial charge on any atom is -0.296 e. The van der Waals surface area contributed by atoms with Crippen LogP contribution >= 0.6 is 0 Å². The van der Waals surface area contributed by atoms with E-state index in [0.717, 1.165) is 5.69 Å². The molecular formula is C8H12N4. The van der Waals surface area contributed by atoms with Gasteiger partial charge in [-0.05, 0) is 13.0 Å². The molecule has 0 aliphatic heterocycles. The molecule has 0 saturated heterocycles. The lowest BCUT2D eigenvalue weighted by molar-refractivity contribution is 0.597. The fourth-order valence-corrected chi connectivity index (χ4v) is 0.878. The van der Waals surface area contributed by atoms with E-state index in [1.54, 1.807) is 10.9 Å². The molecule has 0 aromatic carbocycles. The predicted molar refractivity (Wildman–Crippen MR) is 45.1 cm³/mol. The molecule has 0 saturated carbocycles. The molecule has 1 unspecified atom stereocenters. The van der Waals surface area contributed by atoms with E-state index >= 15 is 0 Å². The monoisotopic (exact) mass is 164 g/mol. The summed E-state index contributed by atoms with van der Waals surface area (Å²) in [6, 6.07) is 3.92. The molecule has 4 nitrogen and oxygen atoms in total. The second-order valence-corrected chi connectivity index (χ2v) is 2.68. The molecule has 0 aliphatic carbocycles. The largest absolute Gasteiger partial charge is 0.296 e. The van der Waals surface area contributed by atoms with Gasteiger partial charge in [-0.15, -0.1) is 0 Å². The summed E-state index contributed by atoms with van der Waals surface area (Å²) in [6.45, 7) is 2.52. The van der Waals surface area contributed by atoms with E-state index in [9.17, 15) is 0 Å². The van der Waals surface area contributed by atoms with Gasteiger partial charge >= 0.3 is 0 Å². The van der Waals surface area contributed by atoms with Crippen LogP contribution in [0.2, 0.25) is 0 Å². The number of nitrogens with zero attached hydrogens (tertiary/aromatic N) is 3. The van der Waals surface area contributed by atoms with Crippen LogP contribution in [0.3, 0.4) is 0 Å². The van der Waals surface area contributed by atoms with Crippen molar-refractivity contribution >= 4 is 0 Å². The van der Waals surface area contributed by atoms with E-state index in [-0.39, 0.29) is 6.04 Å². The van der Waals surface area contributed by atoms with Gasteiger partial charge in [0.15, 0.2) is 0 Å². The van der Waals surface area contributed by atoms with Gasteiger partial charge in [-0.3, -0.25) is 10.00 Å². The average Bonchev–Trinajstić information content (AvgIpc) is 2.47. The summed E-state index contributed by atoms with van der Waals surface area (Å²) in [5, 5.41) is 15.6. The topological polar surface area (TPSA) is 53.6 Å². The molecule has 1 heterocycles. The molecule has 0 aliphatic rings. The third-order valence-corrected chi connectivity index (χ3v) is 1.71. The summed E-state index contributed by atoms with van der Waals surface area (Å²) in [6.07, 6.45) is 1.74. The first kappa shape index (κ1) is 8.75. The molecule has 0 spiro atoms. The van der Waals surface area contributed by atoms with Crippen molar-refractivity contribution in [2.24, 2.45) is 7.05 Å². The minimum absolute atomic E-state index is 0.111. The molecular weight excluding hydrogens is 152 g/mol. The highest BCUT2D eigenvalue weighted by atomic mass is 15.3. The van der Waals surface area contributed by atoms with E-state index in [0.29, 0.717) is 6.54 Å². The Bertz CT molecular complexity index is 283. The Morgan fingerprint density at radius 3 is 3.08 bits per heavy atom. The van der Waals surface area contributed by atoms with E-state index in [1.807, 2.05) is 20.0 Å². The molecule has 0 bridgehead atoms. The summed E-state index contributed by atoms with van der Waals surface area (Å²) in [5.41, 5.74) is 1.08. The molecule has 1 atom stereocenters. The van der Waals surface area contributed by atoms with E-state index in [1.165, 1.54) is 0 Å². The third kappa shape index (κ3) is 2.07. The van der Waals surface area contributed by atoms with Crippen LogP contribution in [0.25, 0.3) is 0 Å². The van der Waals surface area contributed by atoms with Gasteiger partial charge in [0.2, 0.25) is 0 Å². The molecule has 0 fully saturated rings. The fraction of sp³-hybridized carbons (Fsp3) is 0.500. The van der Waals surface area contributed by atoms with Gasteiger partial charge in [-0.25, -0.2) is 0 Å². The summed E-state index contributed by atoms with van der Waals surface area (Å²) in [7, 11) is 1.88. The van der Waals surface area contributed by atoms with E-state index < -0.39 is 0 Å². The Balaban J connectivity index is 2.44. The normalized spacial score (nSPS) is 12.4. The molecule has 0 amide bonds. The molecule has 4 heteroatoms. The third-order valence-electron chi connectivity index (χ3n) is 1.71. The van der Waals surface area contributed by atoms with Crippen molar-refractivity contribution in [3.05, 3.63) is 18.0 Å². The number of aryl methyl sites for hydroxylation is 1. The van der Waals surface area contributed by atoms with Gasteiger partial charge in [0.1, 0.15) is 0 Å². The smallest absolute Gasteiger partial charge is 0.0927 e. The van der Waals surface area contributed by atoms with Gasteiger partial charge in [-0.1, -0.05) is 0 Å². The van der Waals surface area contributed by atoms with Gasteiger partial charge in [0.05, 0.1) is 17.8 Å². The van der Waals surface area contributed by atoms with Crippen LogP contribution in [0.5, 0.6) is 0 Å². The van der Waals surface area contributed by atoms with Gasteiger partial charge < -0.3 is 0 Å². The first-order valence-corrected chi connectivity index (χ1v) is 3.84. The number of hydrogen-bond donors (Lipinski definition) is 1. The zero-order valence-electron chi connectivity index (χ0n) is 7.28. The van der Waals surface area contributed by atoms with Crippen LogP contribution in [-0.4, -0.2) is 15.8 Å². The molecule has 1 aromatic rings. The summed E-state index contributed by atoms with van der Waals surface area (Å²) >= 11 is 0. The number of nitrogens with one attached hydrogen (secondary N) is 1. The van der Waals surface area contributed by atoms with Gasteiger partial charge in [0.25, 0.3) is 0 Å². The summed E-state index contributed by atoms with van der Waals surface area (Å²) in [5.74, 6) is 0. The SMILES string of the molecule is CC(C#N)NCc1ccnn1C. The Morgan fingerprint density at radius 2 is 2.58 bits per heavy atom. The lowest BCUT2D eigenvalue weighted by atomic mass is 10.3. The highest BCUT2D eigenvalue weighted by molar-refractivity contribution is 5.00. The van der Waals surface area contributed by atoms with Crippen LogP contribution in [0.15, 0.2) is 12.3 Å². The average molecular weight is 164 g/mol. The number of aromatic nitrogens is 2. The van der Waals surface area contributed by atoms with Crippen molar-refractivity contribution in [1.82, 2.24) is 15.1 Å². The molecule has 12 heavy (non-hydrogen) atoms. The van der Waals surface area contributed by atoms with Crippen molar-refractivity contribution in [3.63, 3.8) is 0 Å². The Kier molecular flexibility index (Phi) is 2.83. The van der Waals surface area contributed by atoms with Crippen molar-refractivity contribution in [2.75, 3.05) is 0 Å². The number of rotatable bonds is 3. The first-order valence-electron chi connectivity index (χ1n) is 3.84. The van der Waals surface area contributed by atoms with Crippen molar-refractivity contribution in [3.8, 4) is 6.07 Å². The lowest BCUT2D eigenvalue weighted by Crippen LogP contribution is -2.24. The maximum absolute atomic E-state index is 8.50. The predicted octanol–water partition coefficient (Wildman–Crippen LogP) is 0.422. The first-order chi connectivity index (χ1) is 5.74. The van der Waals surface area contributed by atoms with Crippen LogP contribution < -0.4 is 5.32 Å². The second kappa shape index (κ2) is 3.88. The maximum Gasteiger partial charge on any atom is 0.0927 e. The van der Waals surface area contributed by atoms with Crippen molar-refractivity contribution < 1.29 is 0 Å². The number of hydrogen-bond acceptors (Lipinski definition) is 3. The zero-order valence-corrected chi connectivity index (χ0v) is 7.28. The quantitative estimate of drug-likeness (QED) is 0.704. The van der Waals surface area contributed by atoms with Crippen molar-refractivity contribution in [1.29, 1.82) is 5.26 Å². The van der Waals surface area contributed by atoms with Crippen LogP contribution in [-0.2, 0) is 13.6 Å². The molecule has 1 aromatic heterocycles. The standard InChI is InChI=1S/C8H12N4/c1-7(5-9)10-6-8-3-4-11-12(8)2/h3-4,7,10H,6H2,1-2H3. The lowest BCUT2D eigenvalue weighted by Gasteiger charge is -2.05. The number of nitriles is 1. The maximum atomic E-state index is 8.50. The highest BCUT2D eigenvalue weighted by Gasteiger charge is 2.00. The Hall–Kier alpha value is -1.34. The van der Waals surface area contributed by atoms with Crippen molar-refractivity contribution in [2.45, 2.75) is 19.5 Å². The summed E-state index contributed by atoms with van der Waals surface area (Å²) in [4.78, 5) is 0. The van der Waals surface area contributed by atoms with E-state index in [2.05, 4.69) is 16.5 Å². The molecule has 1 rings (SSSR count). The second-order valence-electron chi connectivity index (χ2n) is 2.68. The van der Waals surface area contributed by atoms with Crippen LogP contribution in [0, 0.1) is 11.3 Å². The van der Waals surface area contributed by atoms with Crippen LogP contribution in [0.1, 0.15) is 12.6 Å². The van der Waals surface area contributed by atoms with Gasteiger partial charge in [-0.2, -0.15) is 10.4 Å². The minimum atomic E-state index is -0.111. The Morgan fingerprint density at radius 1 is 1.83 bits per heavy atom. The van der Waals surface area contributed by atoms with Gasteiger partial charge in [0, 0.05) is 19.8 Å². The fourth-order valence-electron chi connectivity index (χ4n) is 0.878.